The van der Waals surface area contributed by atoms with Gasteiger partial charge in [-0.25, -0.2) is 4.98 Å². The maximum atomic E-state index is 12.8. The predicted octanol–water partition coefficient (Wildman–Crippen LogP) is 3.79. The zero-order valence-corrected chi connectivity index (χ0v) is 15.5. The summed E-state index contributed by atoms with van der Waals surface area (Å²) in [6, 6.07) is 9.40. The molecule has 0 saturated heterocycles. The molecule has 132 valence electrons. The second kappa shape index (κ2) is 6.42. The van der Waals surface area contributed by atoms with E-state index in [1.807, 2.05) is 44.2 Å². The van der Waals surface area contributed by atoms with E-state index in [4.69, 9.17) is 9.26 Å². The zero-order chi connectivity index (χ0) is 18.3. The second-order valence-corrected chi connectivity index (χ2v) is 7.25. The Balaban J connectivity index is 1.65. The van der Waals surface area contributed by atoms with Crippen LogP contribution in [-0.2, 0) is 6.54 Å². The summed E-state index contributed by atoms with van der Waals surface area (Å²) < 4.78 is 12.1. The van der Waals surface area contributed by atoms with Crippen LogP contribution in [0.3, 0.4) is 0 Å². The Morgan fingerprint density at radius 1 is 1.23 bits per heavy atom. The van der Waals surface area contributed by atoms with Gasteiger partial charge in [-0.2, -0.15) is 0 Å². The van der Waals surface area contributed by atoms with Crippen LogP contribution in [0.15, 0.2) is 46.0 Å². The number of thiophene rings is 1. The monoisotopic (exact) mass is 367 g/mol. The van der Waals surface area contributed by atoms with Gasteiger partial charge in [0.15, 0.2) is 5.76 Å². The van der Waals surface area contributed by atoms with Crippen LogP contribution < -0.4 is 10.3 Å². The van der Waals surface area contributed by atoms with Crippen molar-refractivity contribution in [3.8, 4) is 17.0 Å². The standard InChI is InChI=1S/C19H17N3O3S/c1-11-12(2)26-18-17(11)19(23)22(10-20-18)9-15-8-16(21-25-15)13-4-6-14(24-3)7-5-13/h4-8,10H,9H2,1-3H3. The number of rotatable bonds is 4. The largest absolute Gasteiger partial charge is 0.497 e. The first kappa shape index (κ1) is 16.5. The molecule has 1 aromatic carbocycles. The van der Waals surface area contributed by atoms with E-state index < -0.39 is 0 Å². The third kappa shape index (κ3) is 2.80. The van der Waals surface area contributed by atoms with Gasteiger partial charge < -0.3 is 9.26 Å². The minimum absolute atomic E-state index is 0.0563. The number of ether oxygens (including phenoxy) is 1. The summed E-state index contributed by atoms with van der Waals surface area (Å²) in [7, 11) is 1.63. The van der Waals surface area contributed by atoms with Gasteiger partial charge in [-0.1, -0.05) is 5.16 Å². The van der Waals surface area contributed by atoms with E-state index in [0.717, 1.165) is 26.6 Å². The van der Waals surface area contributed by atoms with Crippen LogP contribution in [0.1, 0.15) is 16.2 Å². The number of benzene rings is 1. The molecule has 0 radical (unpaired) electrons. The first-order chi connectivity index (χ1) is 12.6. The molecule has 0 fully saturated rings. The lowest BCUT2D eigenvalue weighted by atomic mass is 10.1. The summed E-state index contributed by atoms with van der Waals surface area (Å²) in [5, 5.41) is 4.79. The van der Waals surface area contributed by atoms with Crippen molar-refractivity contribution in [3.05, 3.63) is 63.2 Å². The number of aryl methyl sites for hydroxylation is 2. The van der Waals surface area contributed by atoms with E-state index in [-0.39, 0.29) is 5.56 Å². The van der Waals surface area contributed by atoms with E-state index in [1.165, 1.54) is 0 Å². The Morgan fingerprint density at radius 3 is 2.73 bits per heavy atom. The Hall–Kier alpha value is -2.93. The zero-order valence-electron chi connectivity index (χ0n) is 14.6. The van der Waals surface area contributed by atoms with Crippen LogP contribution in [0.2, 0.25) is 0 Å². The maximum Gasteiger partial charge on any atom is 0.262 e. The first-order valence-electron chi connectivity index (χ1n) is 8.12. The molecule has 0 unspecified atom stereocenters. The molecule has 0 amide bonds. The second-order valence-electron chi connectivity index (χ2n) is 6.05. The van der Waals surface area contributed by atoms with Crippen LogP contribution in [0.4, 0.5) is 0 Å². The summed E-state index contributed by atoms with van der Waals surface area (Å²) in [6.45, 7) is 4.25. The fourth-order valence-electron chi connectivity index (χ4n) is 2.84. The van der Waals surface area contributed by atoms with E-state index in [1.54, 1.807) is 29.3 Å². The molecule has 0 N–H and O–H groups in total. The van der Waals surface area contributed by atoms with E-state index in [9.17, 15) is 4.79 Å². The minimum Gasteiger partial charge on any atom is -0.497 e. The molecular formula is C19H17N3O3S. The van der Waals surface area contributed by atoms with Crippen LogP contribution in [0.25, 0.3) is 21.5 Å². The van der Waals surface area contributed by atoms with Gasteiger partial charge in [-0.05, 0) is 43.7 Å². The Kier molecular flexibility index (Phi) is 4.08. The van der Waals surface area contributed by atoms with Crippen LogP contribution >= 0.6 is 11.3 Å². The van der Waals surface area contributed by atoms with Gasteiger partial charge in [-0.15, -0.1) is 11.3 Å². The molecule has 0 aliphatic heterocycles. The molecule has 6 nitrogen and oxygen atoms in total. The molecule has 0 aliphatic carbocycles. The number of nitrogens with zero attached hydrogens (tertiary/aromatic N) is 3. The summed E-state index contributed by atoms with van der Waals surface area (Å²) >= 11 is 1.54. The SMILES string of the molecule is COc1ccc(-c2cc(Cn3cnc4sc(C)c(C)c4c3=O)on2)cc1. The molecule has 7 heteroatoms. The molecule has 4 rings (SSSR count). The normalized spacial score (nSPS) is 11.2. The quantitative estimate of drug-likeness (QED) is 0.549. The minimum atomic E-state index is -0.0563. The van der Waals surface area contributed by atoms with Crippen LogP contribution in [0, 0.1) is 13.8 Å². The van der Waals surface area contributed by atoms with Crippen LogP contribution in [0.5, 0.6) is 5.75 Å². The highest BCUT2D eigenvalue weighted by Gasteiger charge is 2.14. The third-order valence-corrected chi connectivity index (χ3v) is 5.54. The lowest BCUT2D eigenvalue weighted by Gasteiger charge is -2.02. The summed E-state index contributed by atoms with van der Waals surface area (Å²) in [5.41, 5.74) is 2.57. The van der Waals surface area contributed by atoms with Gasteiger partial charge >= 0.3 is 0 Å². The Morgan fingerprint density at radius 2 is 2.00 bits per heavy atom. The maximum absolute atomic E-state index is 12.8. The molecule has 3 aromatic heterocycles. The van der Waals surface area contributed by atoms with E-state index in [0.29, 0.717) is 23.4 Å². The Bertz CT molecular complexity index is 1140. The number of methoxy groups -OCH3 is 1. The van der Waals surface area contributed by atoms with Gasteiger partial charge in [0.1, 0.15) is 16.3 Å². The fraction of sp³-hybridized carbons (Fsp3) is 0.211. The average Bonchev–Trinajstić information content (AvgIpc) is 3.23. The average molecular weight is 367 g/mol. The van der Waals surface area contributed by atoms with Crippen molar-refractivity contribution in [1.82, 2.24) is 14.7 Å². The topological polar surface area (TPSA) is 70.2 Å². The van der Waals surface area contributed by atoms with Crippen molar-refractivity contribution in [2.75, 3.05) is 7.11 Å². The summed E-state index contributed by atoms with van der Waals surface area (Å²) in [6.07, 6.45) is 1.57. The van der Waals surface area contributed by atoms with Gasteiger partial charge in [0.25, 0.3) is 5.56 Å². The highest BCUT2D eigenvalue weighted by Crippen LogP contribution is 2.26. The number of hydrogen-bond acceptors (Lipinski definition) is 6. The number of fused-ring (bicyclic) bond motifs is 1. The van der Waals surface area contributed by atoms with Crippen molar-refractivity contribution in [2.45, 2.75) is 20.4 Å². The molecule has 0 atom stereocenters. The molecule has 0 spiro atoms. The Labute approximate surface area is 153 Å². The van der Waals surface area contributed by atoms with E-state index in [2.05, 4.69) is 10.1 Å². The van der Waals surface area contributed by atoms with Crippen molar-refractivity contribution in [2.24, 2.45) is 0 Å². The highest BCUT2D eigenvalue weighted by atomic mass is 32.1. The van der Waals surface area contributed by atoms with Crippen molar-refractivity contribution in [1.29, 1.82) is 0 Å². The molecule has 3 heterocycles. The van der Waals surface area contributed by atoms with Gasteiger partial charge in [0.2, 0.25) is 0 Å². The van der Waals surface area contributed by atoms with Gasteiger partial charge in [0, 0.05) is 16.5 Å². The van der Waals surface area contributed by atoms with Crippen molar-refractivity contribution in [3.63, 3.8) is 0 Å². The number of aromatic nitrogens is 3. The molecule has 0 saturated carbocycles. The highest BCUT2D eigenvalue weighted by molar-refractivity contribution is 7.18. The molecule has 26 heavy (non-hydrogen) atoms. The van der Waals surface area contributed by atoms with Crippen molar-refractivity contribution >= 4 is 21.6 Å². The van der Waals surface area contributed by atoms with Gasteiger partial charge in [0.05, 0.1) is 25.4 Å². The predicted molar refractivity (Wildman–Crippen MR) is 101 cm³/mol. The molecule has 0 bridgehead atoms. The lowest BCUT2D eigenvalue weighted by Crippen LogP contribution is -2.20. The fourth-order valence-corrected chi connectivity index (χ4v) is 3.82. The summed E-state index contributed by atoms with van der Waals surface area (Å²) in [4.78, 5) is 19.1. The van der Waals surface area contributed by atoms with Crippen molar-refractivity contribution < 1.29 is 9.26 Å². The molecule has 4 aromatic rings. The molecular weight excluding hydrogens is 350 g/mol. The smallest absolute Gasteiger partial charge is 0.262 e. The first-order valence-corrected chi connectivity index (χ1v) is 8.93. The van der Waals surface area contributed by atoms with E-state index >= 15 is 0 Å². The summed E-state index contributed by atoms with van der Waals surface area (Å²) in [5.74, 6) is 1.38. The third-order valence-electron chi connectivity index (χ3n) is 4.43. The van der Waals surface area contributed by atoms with Gasteiger partial charge in [-0.3, -0.25) is 9.36 Å². The van der Waals surface area contributed by atoms with Crippen LogP contribution in [-0.4, -0.2) is 21.8 Å². The lowest BCUT2D eigenvalue weighted by molar-refractivity contribution is 0.376. The number of hydrogen-bond donors (Lipinski definition) is 0. The molecule has 0 aliphatic rings.